The van der Waals surface area contributed by atoms with Gasteiger partial charge >= 0.3 is 5.97 Å². The number of aliphatic carboxylic acids is 1. The maximum atomic E-state index is 13.4. The lowest BCUT2D eigenvalue weighted by atomic mass is 10.1. The fraction of sp³-hybridized carbons (Fsp3) is 0.207. The lowest BCUT2D eigenvalue weighted by Gasteiger charge is -2.23. The number of carbonyl (C=O) groups is 2. The Bertz CT molecular complexity index is 1420. The maximum absolute atomic E-state index is 13.4. The minimum absolute atomic E-state index is 0.0858. The van der Waals surface area contributed by atoms with Crippen LogP contribution < -0.4 is 10.2 Å². The van der Waals surface area contributed by atoms with Crippen molar-refractivity contribution in [2.24, 2.45) is 0 Å². The van der Waals surface area contributed by atoms with Crippen LogP contribution in [0, 0.1) is 5.82 Å². The number of hydrogen-bond donors (Lipinski definition) is 2. The molecular weight excluding hydrogens is 489 g/mol. The van der Waals surface area contributed by atoms with Crippen LogP contribution in [0.1, 0.15) is 39.9 Å². The van der Waals surface area contributed by atoms with Gasteiger partial charge in [-0.05, 0) is 84.5 Å². The number of halogens is 1. The van der Waals surface area contributed by atoms with Crippen LogP contribution in [0.2, 0.25) is 0 Å². The van der Waals surface area contributed by atoms with Gasteiger partial charge in [-0.3, -0.25) is 9.59 Å². The Balaban J connectivity index is 1.40. The van der Waals surface area contributed by atoms with E-state index in [4.69, 9.17) is 10.1 Å². The first-order valence-electron chi connectivity index (χ1n) is 12.2. The van der Waals surface area contributed by atoms with E-state index in [1.807, 2.05) is 17.5 Å². The molecule has 0 saturated heterocycles. The van der Waals surface area contributed by atoms with Crippen LogP contribution in [-0.2, 0) is 24.2 Å². The Morgan fingerprint density at radius 2 is 1.76 bits per heavy atom. The summed E-state index contributed by atoms with van der Waals surface area (Å²) in [6, 6.07) is 20.2. The van der Waals surface area contributed by atoms with Gasteiger partial charge in [0, 0.05) is 28.7 Å². The van der Waals surface area contributed by atoms with E-state index in [9.17, 15) is 14.0 Å². The van der Waals surface area contributed by atoms with Gasteiger partial charge in [0.1, 0.15) is 5.82 Å². The number of carbonyl (C=O) groups excluding carboxylic acids is 1. The highest BCUT2D eigenvalue weighted by atomic mass is 32.1. The minimum Gasteiger partial charge on any atom is -0.481 e. The van der Waals surface area contributed by atoms with Crippen LogP contribution in [0.3, 0.4) is 0 Å². The van der Waals surface area contributed by atoms with Crippen molar-refractivity contribution in [3.8, 4) is 11.3 Å². The third-order valence-corrected chi connectivity index (χ3v) is 7.30. The van der Waals surface area contributed by atoms with E-state index in [-0.39, 0.29) is 24.7 Å². The molecule has 0 atom stereocenters. The van der Waals surface area contributed by atoms with Crippen molar-refractivity contribution < 1.29 is 19.1 Å². The monoisotopic (exact) mass is 515 g/mol. The van der Waals surface area contributed by atoms with Crippen molar-refractivity contribution in [1.29, 1.82) is 0 Å². The highest BCUT2D eigenvalue weighted by Crippen LogP contribution is 2.36. The second-order valence-electron chi connectivity index (χ2n) is 9.01. The number of carboxylic acids is 1. The second-order valence-corrected chi connectivity index (χ2v) is 9.85. The van der Waals surface area contributed by atoms with Crippen LogP contribution in [0.4, 0.5) is 15.2 Å². The topological polar surface area (TPSA) is 82.5 Å². The summed E-state index contributed by atoms with van der Waals surface area (Å²) in [6.07, 6.45) is 3.23. The molecule has 1 aliphatic carbocycles. The van der Waals surface area contributed by atoms with Gasteiger partial charge in [0.25, 0.3) is 5.91 Å². The zero-order valence-corrected chi connectivity index (χ0v) is 20.9. The summed E-state index contributed by atoms with van der Waals surface area (Å²) in [5.41, 5.74) is 6.94. The molecule has 0 radical (unpaired) electrons. The summed E-state index contributed by atoms with van der Waals surface area (Å²) in [4.78, 5) is 30.0. The van der Waals surface area contributed by atoms with Gasteiger partial charge in [0.2, 0.25) is 0 Å². The molecule has 6 nitrogen and oxygen atoms in total. The summed E-state index contributed by atoms with van der Waals surface area (Å²) in [5.74, 6) is -1.53. The Morgan fingerprint density at radius 3 is 2.51 bits per heavy atom. The standard InChI is InChI=1S/C29H26FN3O3S/c30-24-11-8-21(9-12-24)26-18-37-29(32-26)33(25-13-10-20-2-1-3-23(20)16-25)17-19-4-6-22(7-5-19)28(36)31-15-14-27(34)35/h4-13,16,18H,1-3,14-15,17H2,(H,31,36)(H,34,35). The Labute approximate surface area is 218 Å². The van der Waals surface area contributed by atoms with E-state index >= 15 is 0 Å². The number of fused-ring (bicyclic) bond motifs is 1. The minimum atomic E-state index is -0.952. The zero-order valence-electron chi connectivity index (χ0n) is 20.1. The average Bonchev–Trinajstić information content (AvgIpc) is 3.57. The number of benzene rings is 3. The SMILES string of the molecule is O=C(O)CCNC(=O)c1ccc(CN(c2ccc3c(c2)CCC3)c2nc(-c3ccc(F)cc3)cs2)cc1. The molecule has 0 saturated carbocycles. The van der Waals surface area contributed by atoms with E-state index in [0.29, 0.717) is 12.1 Å². The molecule has 5 rings (SSSR count). The highest BCUT2D eigenvalue weighted by Gasteiger charge is 2.19. The number of thiazole rings is 1. The van der Waals surface area contributed by atoms with Gasteiger partial charge in [-0.1, -0.05) is 18.2 Å². The Hall–Kier alpha value is -4.04. The van der Waals surface area contributed by atoms with Crippen molar-refractivity contribution in [2.75, 3.05) is 11.4 Å². The van der Waals surface area contributed by atoms with E-state index in [1.165, 1.54) is 41.0 Å². The van der Waals surface area contributed by atoms with Gasteiger partial charge in [0.05, 0.1) is 18.7 Å². The average molecular weight is 516 g/mol. The number of hydrogen-bond acceptors (Lipinski definition) is 5. The lowest BCUT2D eigenvalue weighted by molar-refractivity contribution is -0.136. The molecule has 1 aromatic heterocycles. The molecule has 0 fully saturated rings. The smallest absolute Gasteiger partial charge is 0.305 e. The molecule has 4 aromatic rings. The second kappa shape index (κ2) is 10.9. The number of amides is 1. The molecule has 0 spiro atoms. The number of aryl methyl sites for hydroxylation is 2. The Morgan fingerprint density at radius 1 is 1.00 bits per heavy atom. The van der Waals surface area contributed by atoms with Crippen LogP contribution >= 0.6 is 11.3 Å². The molecule has 3 aromatic carbocycles. The predicted octanol–water partition coefficient (Wildman–Crippen LogP) is 5.98. The van der Waals surface area contributed by atoms with Crippen molar-refractivity contribution >= 4 is 34.0 Å². The van der Waals surface area contributed by atoms with E-state index in [2.05, 4.69) is 28.4 Å². The first-order valence-corrected chi connectivity index (χ1v) is 13.0. The summed E-state index contributed by atoms with van der Waals surface area (Å²) < 4.78 is 13.4. The number of rotatable bonds is 9. The number of carboxylic acid groups (broad SMARTS) is 1. The largest absolute Gasteiger partial charge is 0.481 e. The third-order valence-electron chi connectivity index (χ3n) is 6.44. The third kappa shape index (κ3) is 5.86. The van der Waals surface area contributed by atoms with Crippen molar-refractivity contribution in [1.82, 2.24) is 10.3 Å². The molecule has 188 valence electrons. The van der Waals surface area contributed by atoms with E-state index < -0.39 is 5.97 Å². The summed E-state index contributed by atoms with van der Waals surface area (Å²) in [7, 11) is 0. The molecule has 37 heavy (non-hydrogen) atoms. The van der Waals surface area contributed by atoms with Crippen molar-refractivity contribution in [3.63, 3.8) is 0 Å². The quantitative estimate of drug-likeness (QED) is 0.287. The number of nitrogens with zero attached hydrogens (tertiary/aromatic N) is 2. The number of anilines is 2. The van der Waals surface area contributed by atoms with Gasteiger partial charge < -0.3 is 15.3 Å². The van der Waals surface area contributed by atoms with Gasteiger partial charge in [-0.2, -0.15) is 0 Å². The fourth-order valence-corrected chi connectivity index (χ4v) is 5.32. The van der Waals surface area contributed by atoms with Gasteiger partial charge in [0.15, 0.2) is 5.13 Å². The maximum Gasteiger partial charge on any atom is 0.305 e. The fourth-order valence-electron chi connectivity index (χ4n) is 4.47. The molecule has 2 N–H and O–H groups in total. The molecule has 0 bridgehead atoms. The molecule has 1 aliphatic rings. The van der Waals surface area contributed by atoms with Gasteiger partial charge in [-0.25, -0.2) is 9.37 Å². The number of nitrogens with one attached hydrogen (secondary N) is 1. The molecule has 0 aliphatic heterocycles. The van der Waals surface area contributed by atoms with E-state index in [0.717, 1.165) is 40.5 Å². The summed E-state index contributed by atoms with van der Waals surface area (Å²) in [5, 5.41) is 14.2. The zero-order chi connectivity index (χ0) is 25.8. The molecule has 1 heterocycles. The first kappa shape index (κ1) is 24.6. The predicted molar refractivity (Wildman–Crippen MR) is 143 cm³/mol. The molecular formula is C29H26FN3O3S. The molecule has 0 unspecified atom stereocenters. The van der Waals surface area contributed by atoms with Crippen LogP contribution in [0.25, 0.3) is 11.3 Å². The van der Waals surface area contributed by atoms with E-state index in [1.54, 1.807) is 24.3 Å². The van der Waals surface area contributed by atoms with Gasteiger partial charge in [-0.15, -0.1) is 11.3 Å². The Kier molecular flexibility index (Phi) is 7.28. The van der Waals surface area contributed by atoms with Crippen LogP contribution in [0.15, 0.2) is 72.1 Å². The normalized spacial score (nSPS) is 12.2. The molecule has 1 amide bonds. The molecule has 8 heteroatoms. The van der Waals surface area contributed by atoms with Crippen molar-refractivity contribution in [3.05, 3.63) is 100 Å². The summed E-state index contributed by atoms with van der Waals surface area (Å²) >= 11 is 1.53. The van der Waals surface area contributed by atoms with Crippen LogP contribution in [-0.4, -0.2) is 28.5 Å². The first-order chi connectivity index (χ1) is 18.0. The lowest BCUT2D eigenvalue weighted by Crippen LogP contribution is -2.26. The van der Waals surface area contributed by atoms with Crippen LogP contribution in [0.5, 0.6) is 0 Å². The highest BCUT2D eigenvalue weighted by molar-refractivity contribution is 7.14. The number of aromatic nitrogens is 1. The van der Waals surface area contributed by atoms with Crippen molar-refractivity contribution in [2.45, 2.75) is 32.2 Å². The summed E-state index contributed by atoms with van der Waals surface area (Å²) in [6.45, 7) is 0.637.